The molecule has 6 nitrogen and oxygen atoms in total. The van der Waals surface area contributed by atoms with E-state index in [-0.39, 0.29) is 11.8 Å². The van der Waals surface area contributed by atoms with Crippen molar-refractivity contribution in [1.29, 1.82) is 0 Å². The first-order valence-corrected chi connectivity index (χ1v) is 7.94. The lowest BCUT2D eigenvalue weighted by Gasteiger charge is -2.18. The van der Waals surface area contributed by atoms with Crippen molar-refractivity contribution in [3.63, 3.8) is 0 Å². The van der Waals surface area contributed by atoms with Crippen molar-refractivity contribution in [3.8, 4) is 0 Å². The molecule has 0 radical (unpaired) electrons. The fourth-order valence-corrected chi connectivity index (χ4v) is 1.91. The summed E-state index contributed by atoms with van der Waals surface area (Å²) in [5, 5.41) is 7.00. The average Bonchev–Trinajstić information content (AvgIpc) is 2.59. The summed E-state index contributed by atoms with van der Waals surface area (Å²) < 4.78 is 0. The van der Waals surface area contributed by atoms with Gasteiger partial charge in [-0.05, 0) is 36.8 Å². The number of amides is 2. The number of carbonyl (C=O) groups excluding carboxylic acids is 2. The van der Waals surface area contributed by atoms with Gasteiger partial charge in [0.1, 0.15) is 0 Å². The van der Waals surface area contributed by atoms with Gasteiger partial charge in [0, 0.05) is 29.1 Å². The van der Waals surface area contributed by atoms with Gasteiger partial charge in [-0.1, -0.05) is 32.9 Å². The number of rotatable bonds is 4. The Morgan fingerprint density at radius 3 is 2.36 bits per heavy atom. The number of anilines is 1. The van der Waals surface area contributed by atoms with E-state index < -0.39 is 5.41 Å². The van der Waals surface area contributed by atoms with Crippen LogP contribution in [0.3, 0.4) is 0 Å². The average molecular weight is 338 g/mol. The molecule has 0 aliphatic heterocycles. The minimum atomic E-state index is -0.475. The Balaban J connectivity index is 2.09. The van der Waals surface area contributed by atoms with Crippen molar-refractivity contribution >= 4 is 23.2 Å². The Morgan fingerprint density at radius 1 is 1.04 bits per heavy atom. The second kappa shape index (κ2) is 7.70. The van der Waals surface area contributed by atoms with Crippen LogP contribution >= 0.6 is 0 Å². The van der Waals surface area contributed by atoms with Gasteiger partial charge in [-0.25, -0.2) is 5.43 Å². The third-order valence-electron chi connectivity index (χ3n) is 3.49. The number of nitrogens with one attached hydrogen (secondary N) is 2. The first-order valence-electron chi connectivity index (χ1n) is 7.94. The third kappa shape index (κ3) is 5.24. The van der Waals surface area contributed by atoms with E-state index in [1.807, 2.05) is 45.0 Å². The molecule has 0 aliphatic carbocycles. The molecule has 2 rings (SSSR count). The SMILES string of the molecule is C/C(=N\NC(=O)c1ccncc1)c1cccc(NC(=O)C(C)(C)C)c1. The van der Waals surface area contributed by atoms with Crippen LogP contribution in [0.5, 0.6) is 0 Å². The Bertz CT molecular complexity index is 793. The van der Waals surface area contributed by atoms with Gasteiger partial charge in [0.25, 0.3) is 5.91 Å². The molecule has 25 heavy (non-hydrogen) atoms. The normalized spacial score (nSPS) is 11.8. The van der Waals surface area contributed by atoms with Crippen molar-refractivity contribution in [2.45, 2.75) is 27.7 Å². The van der Waals surface area contributed by atoms with Crippen molar-refractivity contribution in [2.75, 3.05) is 5.32 Å². The van der Waals surface area contributed by atoms with Crippen LogP contribution < -0.4 is 10.7 Å². The zero-order valence-corrected chi connectivity index (χ0v) is 14.8. The molecule has 2 N–H and O–H groups in total. The van der Waals surface area contributed by atoms with E-state index in [9.17, 15) is 9.59 Å². The Morgan fingerprint density at radius 2 is 1.72 bits per heavy atom. The molecule has 0 bridgehead atoms. The minimum absolute atomic E-state index is 0.0646. The van der Waals surface area contributed by atoms with Crippen LogP contribution in [-0.4, -0.2) is 22.5 Å². The molecule has 2 amide bonds. The van der Waals surface area contributed by atoms with E-state index in [0.717, 1.165) is 5.56 Å². The molecule has 130 valence electrons. The number of hydrogen-bond acceptors (Lipinski definition) is 4. The molecule has 0 unspecified atom stereocenters. The summed E-state index contributed by atoms with van der Waals surface area (Å²) in [6.45, 7) is 7.35. The maximum absolute atomic E-state index is 12.1. The lowest BCUT2D eigenvalue weighted by Crippen LogP contribution is -2.27. The monoisotopic (exact) mass is 338 g/mol. The van der Waals surface area contributed by atoms with Crippen LogP contribution in [0.4, 0.5) is 5.69 Å². The predicted octanol–water partition coefficient (Wildman–Crippen LogP) is 3.22. The molecule has 0 fully saturated rings. The van der Waals surface area contributed by atoms with Gasteiger partial charge in [0.2, 0.25) is 5.91 Å². The minimum Gasteiger partial charge on any atom is -0.326 e. The standard InChI is InChI=1S/C19H22N4O2/c1-13(22-23-17(24)14-8-10-20-11-9-14)15-6-5-7-16(12-15)21-18(25)19(2,3)4/h5-12H,1-4H3,(H,21,25)(H,23,24)/b22-13+. The topological polar surface area (TPSA) is 83.4 Å². The fraction of sp³-hybridized carbons (Fsp3) is 0.263. The van der Waals surface area contributed by atoms with Crippen LogP contribution in [0.25, 0.3) is 0 Å². The molecule has 0 saturated heterocycles. The fourth-order valence-electron chi connectivity index (χ4n) is 1.91. The molecule has 1 heterocycles. The highest BCUT2D eigenvalue weighted by Crippen LogP contribution is 2.18. The molecular weight excluding hydrogens is 316 g/mol. The molecule has 0 aliphatic rings. The molecule has 6 heteroatoms. The van der Waals surface area contributed by atoms with E-state index in [2.05, 4.69) is 20.8 Å². The van der Waals surface area contributed by atoms with Gasteiger partial charge in [-0.2, -0.15) is 5.10 Å². The first kappa shape index (κ1) is 18.3. The molecular formula is C19H22N4O2. The molecule has 2 aromatic rings. The van der Waals surface area contributed by atoms with Gasteiger partial charge in [0.05, 0.1) is 5.71 Å². The number of benzene rings is 1. The molecule has 0 spiro atoms. The summed E-state index contributed by atoms with van der Waals surface area (Å²) in [5.74, 6) is -0.371. The van der Waals surface area contributed by atoms with Crippen molar-refractivity contribution < 1.29 is 9.59 Å². The van der Waals surface area contributed by atoms with Gasteiger partial charge >= 0.3 is 0 Å². The van der Waals surface area contributed by atoms with Crippen molar-refractivity contribution in [3.05, 3.63) is 59.9 Å². The predicted molar refractivity (Wildman–Crippen MR) is 98.4 cm³/mol. The Hall–Kier alpha value is -3.02. The van der Waals surface area contributed by atoms with Gasteiger partial charge in [0.15, 0.2) is 0 Å². The largest absolute Gasteiger partial charge is 0.326 e. The first-order chi connectivity index (χ1) is 11.8. The summed E-state index contributed by atoms with van der Waals surface area (Å²) in [7, 11) is 0. The Kier molecular flexibility index (Phi) is 5.64. The summed E-state index contributed by atoms with van der Waals surface area (Å²) in [4.78, 5) is 28.0. The zero-order valence-electron chi connectivity index (χ0n) is 14.8. The maximum Gasteiger partial charge on any atom is 0.271 e. The molecule has 0 atom stereocenters. The molecule has 1 aromatic carbocycles. The van der Waals surface area contributed by atoms with Crippen LogP contribution in [0, 0.1) is 5.41 Å². The van der Waals surface area contributed by atoms with Crippen LogP contribution in [0.2, 0.25) is 0 Å². The number of pyridine rings is 1. The maximum atomic E-state index is 12.1. The van der Waals surface area contributed by atoms with Crippen LogP contribution in [-0.2, 0) is 4.79 Å². The second-order valence-electron chi connectivity index (χ2n) is 6.66. The highest BCUT2D eigenvalue weighted by Gasteiger charge is 2.21. The van der Waals surface area contributed by atoms with E-state index in [1.54, 1.807) is 31.5 Å². The molecule has 1 aromatic heterocycles. The number of hydrogen-bond donors (Lipinski definition) is 2. The smallest absolute Gasteiger partial charge is 0.271 e. The van der Waals surface area contributed by atoms with Gasteiger partial charge in [-0.15, -0.1) is 0 Å². The second-order valence-corrected chi connectivity index (χ2v) is 6.66. The number of hydrazone groups is 1. The van der Waals surface area contributed by atoms with E-state index in [1.165, 1.54) is 0 Å². The zero-order chi connectivity index (χ0) is 18.4. The van der Waals surface area contributed by atoms with Gasteiger partial charge < -0.3 is 5.32 Å². The van der Waals surface area contributed by atoms with E-state index >= 15 is 0 Å². The summed E-state index contributed by atoms with van der Waals surface area (Å²) in [5.41, 5.74) is 4.65. The third-order valence-corrected chi connectivity index (χ3v) is 3.49. The van der Waals surface area contributed by atoms with E-state index in [4.69, 9.17) is 0 Å². The lowest BCUT2D eigenvalue weighted by molar-refractivity contribution is -0.123. The van der Waals surface area contributed by atoms with Crippen LogP contribution in [0.15, 0.2) is 53.9 Å². The quantitative estimate of drug-likeness (QED) is 0.663. The van der Waals surface area contributed by atoms with Gasteiger partial charge in [-0.3, -0.25) is 14.6 Å². The van der Waals surface area contributed by atoms with Crippen molar-refractivity contribution in [2.24, 2.45) is 10.5 Å². The van der Waals surface area contributed by atoms with Crippen molar-refractivity contribution in [1.82, 2.24) is 10.4 Å². The Labute approximate surface area is 147 Å². The lowest BCUT2D eigenvalue weighted by atomic mass is 9.95. The summed E-state index contributed by atoms with van der Waals surface area (Å²) in [6, 6.07) is 10.6. The summed E-state index contributed by atoms with van der Waals surface area (Å²) in [6.07, 6.45) is 3.10. The summed E-state index contributed by atoms with van der Waals surface area (Å²) >= 11 is 0. The highest BCUT2D eigenvalue weighted by molar-refractivity contribution is 6.02. The van der Waals surface area contributed by atoms with Crippen LogP contribution in [0.1, 0.15) is 43.6 Å². The van der Waals surface area contributed by atoms with E-state index in [0.29, 0.717) is 17.0 Å². The molecule has 0 saturated carbocycles. The number of nitrogens with zero attached hydrogens (tertiary/aromatic N) is 2. The number of carbonyl (C=O) groups is 2. The number of aromatic nitrogens is 1. The highest BCUT2D eigenvalue weighted by atomic mass is 16.2.